The molecule has 0 unspecified atom stereocenters. The molecule has 186 valence electrons. The summed E-state index contributed by atoms with van der Waals surface area (Å²) in [6, 6.07) is 9.68. The maximum atomic E-state index is 14.2. The number of likely N-dealkylation sites (N-methyl/N-ethyl adjacent to an activating group) is 1. The normalized spacial score (nSPS) is 12.2. The van der Waals surface area contributed by atoms with Gasteiger partial charge in [-0.05, 0) is 42.7 Å². The van der Waals surface area contributed by atoms with Crippen LogP contribution in [0.3, 0.4) is 0 Å². The molecule has 2 amide bonds. The molecule has 1 atom stereocenters. The molecule has 0 aliphatic rings. The van der Waals surface area contributed by atoms with Crippen LogP contribution >= 0.6 is 23.2 Å². The summed E-state index contributed by atoms with van der Waals surface area (Å²) in [5, 5.41) is 3.37. The number of anilines is 1. The Labute approximate surface area is 209 Å². The van der Waals surface area contributed by atoms with Crippen LogP contribution < -0.4 is 9.62 Å². The molecule has 11 heteroatoms. The van der Waals surface area contributed by atoms with Crippen LogP contribution in [0, 0.1) is 5.82 Å². The summed E-state index contributed by atoms with van der Waals surface area (Å²) in [6.45, 7) is 1.76. The molecule has 2 aromatic carbocycles. The zero-order valence-corrected chi connectivity index (χ0v) is 21.6. The number of carbonyl (C=O) groups excluding carboxylic acids is 2. The van der Waals surface area contributed by atoms with Crippen LogP contribution in [0.2, 0.25) is 10.0 Å². The van der Waals surface area contributed by atoms with Crippen LogP contribution in [0.25, 0.3) is 0 Å². The number of benzene rings is 2. The summed E-state index contributed by atoms with van der Waals surface area (Å²) in [5.74, 6) is -1.36. The number of para-hydroxylation sites is 1. The summed E-state index contributed by atoms with van der Waals surface area (Å²) in [6.07, 6.45) is 1.41. The number of hydrogen-bond donors (Lipinski definition) is 1. The molecule has 0 aromatic heterocycles. The number of carbonyl (C=O) groups is 2. The fraction of sp³-hybridized carbons (Fsp3) is 0.391. The average molecular weight is 532 g/mol. The SMILES string of the molecule is CC[C@@H](C(=O)NC)N(Cc1ccc(Cl)cc1Cl)C(=O)CCCN(c1ccccc1F)S(C)(=O)=O. The Morgan fingerprint density at radius 1 is 1.15 bits per heavy atom. The topological polar surface area (TPSA) is 86.8 Å². The molecule has 0 aliphatic carbocycles. The standard InChI is InChI=1S/C23H28Cl2FN3O4S/c1-4-20(23(31)27-2)28(15-16-11-12-17(24)14-18(16)25)22(30)10-7-13-29(34(3,32)33)21-9-6-5-8-19(21)26/h5-6,8-9,11-12,14,20H,4,7,10,13,15H2,1-3H3,(H,27,31)/t20-/m0/s1. The lowest BCUT2D eigenvalue weighted by Crippen LogP contribution is -2.48. The zero-order valence-electron chi connectivity index (χ0n) is 19.2. The number of nitrogens with zero attached hydrogens (tertiary/aromatic N) is 2. The highest BCUT2D eigenvalue weighted by molar-refractivity contribution is 7.92. The van der Waals surface area contributed by atoms with Gasteiger partial charge in [-0.25, -0.2) is 12.8 Å². The number of sulfonamides is 1. The van der Waals surface area contributed by atoms with Crippen LogP contribution in [0.15, 0.2) is 42.5 Å². The van der Waals surface area contributed by atoms with E-state index in [0.717, 1.165) is 10.6 Å². The van der Waals surface area contributed by atoms with Gasteiger partial charge in [0.2, 0.25) is 21.8 Å². The predicted octanol–water partition coefficient (Wildman–Crippen LogP) is 4.23. The van der Waals surface area contributed by atoms with Gasteiger partial charge in [0.15, 0.2) is 0 Å². The number of amides is 2. The van der Waals surface area contributed by atoms with E-state index in [1.807, 2.05) is 0 Å². The van der Waals surface area contributed by atoms with Crippen LogP contribution in [0.1, 0.15) is 31.7 Å². The molecule has 0 spiro atoms. The minimum absolute atomic E-state index is 0.0564. The Morgan fingerprint density at radius 2 is 1.82 bits per heavy atom. The second-order valence-electron chi connectivity index (χ2n) is 7.69. The van der Waals surface area contributed by atoms with E-state index in [1.165, 1.54) is 36.2 Å². The molecule has 7 nitrogen and oxygen atoms in total. The van der Waals surface area contributed by atoms with E-state index in [4.69, 9.17) is 23.2 Å². The van der Waals surface area contributed by atoms with Gasteiger partial charge in [-0.3, -0.25) is 13.9 Å². The molecule has 2 aromatic rings. The summed E-state index contributed by atoms with van der Waals surface area (Å²) >= 11 is 12.3. The van der Waals surface area contributed by atoms with Crippen molar-refractivity contribution in [3.8, 4) is 0 Å². The van der Waals surface area contributed by atoms with Gasteiger partial charge in [0.1, 0.15) is 11.9 Å². The van der Waals surface area contributed by atoms with Crippen LogP contribution in [0.5, 0.6) is 0 Å². The molecule has 1 N–H and O–H groups in total. The van der Waals surface area contributed by atoms with Gasteiger partial charge in [-0.15, -0.1) is 0 Å². The third-order valence-electron chi connectivity index (χ3n) is 5.26. The largest absolute Gasteiger partial charge is 0.357 e. The third-order valence-corrected chi connectivity index (χ3v) is 7.03. The highest BCUT2D eigenvalue weighted by Crippen LogP contribution is 2.25. The van der Waals surface area contributed by atoms with Crippen LogP contribution in [0.4, 0.5) is 10.1 Å². The van der Waals surface area contributed by atoms with E-state index in [-0.39, 0.29) is 43.4 Å². The van der Waals surface area contributed by atoms with Crippen molar-refractivity contribution < 1.29 is 22.4 Å². The molecule has 0 heterocycles. The Hall–Kier alpha value is -2.36. The lowest BCUT2D eigenvalue weighted by atomic mass is 10.1. The zero-order chi connectivity index (χ0) is 25.5. The molecule has 0 saturated heterocycles. The molecule has 0 radical (unpaired) electrons. The van der Waals surface area contributed by atoms with Gasteiger partial charge in [0.25, 0.3) is 0 Å². The van der Waals surface area contributed by atoms with Crippen molar-refractivity contribution in [3.05, 3.63) is 63.9 Å². The van der Waals surface area contributed by atoms with E-state index in [2.05, 4.69) is 5.32 Å². The molecule has 0 fully saturated rings. The van der Waals surface area contributed by atoms with Gasteiger partial charge in [0, 0.05) is 36.6 Å². The smallest absolute Gasteiger partial charge is 0.242 e. The predicted molar refractivity (Wildman–Crippen MR) is 133 cm³/mol. The monoisotopic (exact) mass is 531 g/mol. The number of hydrogen-bond acceptors (Lipinski definition) is 4. The minimum atomic E-state index is -3.78. The first-order valence-electron chi connectivity index (χ1n) is 10.7. The first-order chi connectivity index (χ1) is 16.0. The van der Waals surface area contributed by atoms with Gasteiger partial charge >= 0.3 is 0 Å². The first kappa shape index (κ1) is 27.9. The fourth-order valence-electron chi connectivity index (χ4n) is 3.56. The van der Waals surface area contributed by atoms with Crippen molar-refractivity contribution in [1.29, 1.82) is 0 Å². The third kappa shape index (κ3) is 7.32. The number of nitrogens with one attached hydrogen (secondary N) is 1. The van der Waals surface area contributed by atoms with Crippen molar-refractivity contribution in [2.75, 3.05) is 24.2 Å². The van der Waals surface area contributed by atoms with E-state index in [9.17, 15) is 22.4 Å². The second kappa shape index (κ2) is 12.4. The molecule has 0 aliphatic heterocycles. The highest BCUT2D eigenvalue weighted by Gasteiger charge is 2.29. The fourth-order valence-corrected chi connectivity index (χ4v) is 4.99. The van der Waals surface area contributed by atoms with Crippen molar-refractivity contribution >= 4 is 50.7 Å². The minimum Gasteiger partial charge on any atom is -0.357 e. The number of rotatable bonds is 11. The van der Waals surface area contributed by atoms with E-state index in [1.54, 1.807) is 25.1 Å². The number of halogens is 3. The van der Waals surface area contributed by atoms with E-state index in [0.29, 0.717) is 22.0 Å². The second-order valence-corrected chi connectivity index (χ2v) is 10.4. The summed E-state index contributed by atoms with van der Waals surface area (Å²) < 4.78 is 39.7. The van der Waals surface area contributed by atoms with Crippen molar-refractivity contribution in [3.63, 3.8) is 0 Å². The first-order valence-corrected chi connectivity index (χ1v) is 13.3. The Balaban J connectivity index is 2.23. The maximum Gasteiger partial charge on any atom is 0.242 e. The van der Waals surface area contributed by atoms with Gasteiger partial charge in [-0.2, -0.15) is 0 Å². The highest BCUT2D eigenvalue weighted by atomic mass is 35.5. The Bertz CT molecular complexity index is 1130. The molecule has 34 heavy (non-hydrogen) atoms. The van der Waals surface area contributed by atoms with Crippen LogP contribution in [-0.4, -0.2) is 51.0 Å². The molecular weight excluding hydrogens is 504 g/mol. The summed E-state index contributed by atoms with van der Waals surface area (Å²) in [5.41, 5.74) is 0.532. The average Bonchev–Trinajstić information content (AvgIpc) is 2.77. The molecule has 0 bridgehead atoms. The lowest BCUT2D eigenvalue weighted by Gasteiger charge is -2.31. The van der Waals surface area contributed by atoms with Crippen molar-refractivity contribution in [2.45, 2.75) is 38.8 Å². The summed E-state index contributed by atoms with van der Waals surface area (Å²) in [7, 11) is -2.29. The van der Waals surface area contributed by atoms with Gasteiger partial charge in [-0.1, -0.05) is 48.3 Å². The van der Waals surface area contributed by atoms with Crippen molar-refractivity contribution in [2.24, 2.45) is 0 Å². The molecule has 2 rings (SSSR count). The van der Waals surface area contributed by atoms with E-state index < -0.39 is 21.9 Å². The quantitative estimate of drug-likeness (QED) is 0.469. The van der Waals surface area contributed by atoms with Gasteiger partial charge < -0.3 is 10.2 Å². The maximum absolute atomic E-state index is 14.2. The van der Waals surface area contributed by atoms with Crippen LogP contribution in [-0.2, 0) is 26.2 Å². The molecular formula is C23H28Cl2FN3O4S. The Morgan fingerprint density at radius 3 is 2.38 bits per heavy atom. The Kier molecular flexibility index (Phi) is 10.1. The summed E-state index contributed by atoms with van der Waals surface area (Å²) in [4.78, 5) is 27.1. The lowest BCUT2D eigenvalue weighted by molar-refractivity contribution is -0.141. The van der Waals surface area contributed by atoms with Crippen molar-refractivity contribution in [1.82, 2.24) is 10.2 Å². The van der Waals surface area contributed by atoms with E-state index >= 15 is 0 Å². The van der Waals surface area contributed by atoms with Gasteiger partial charge in [0.05, 0.1) is 11.9 Å². The molecule has 0 saturated carbocycles.